The second-order valence-corrected chi connectivity index (χ2v) is 15.4. The van der Waals surface area contributed by atoms with E-state index in [1.54, 1.807) is 11.3 Å². The first kappa shape index (κ1) is 30.5. The maximum Gasteiger partial charge on any atom is 0.125 e. The zero-order valence-electron chi connectivity index (χ0n) is 29.6. The number of thiophene rings is 1. The SMILES string of the molecule is c1ccc(-n2c3ccccc3c3cc(-c4ccc5c6ccccc6n(-c6cccc(-c7c8ccccc8nc8sc9ccccc9c78)c6)c5c4)ccc32)cc1. The summed E-state index contributed by atoms with van der Waals surface area (Å²) in [7, 11) is 0. The number of pyridine rings is 1. The van der Waals surface area contributed by atoms with Crippen LogP contribution in [0.4, 0.5) is 0 Å². The van der Waals surface area contributed by atoms with Crippen LogP contribution in [-0.2, 0) is 0 Å². The molecule has 0 amide bonds. The number of fused-ring (bicyclic) bond motifs is 10. The Balaban J connectivity index is 1.08. The first-order chi connectivity index (χ1) is 27.3. The third-order valence-electron chi connectivity index (χ3n) is 11.3. The number of para-hydroxylation sites is 4. The second kappa shape index (κ2) is 11.7. The molecule has 12 aromatic rings. The molecule has 0 atom stereocenters. The summed E-state index contributed by atoms with van der Waals surface area (Å²) in [5.41, 5.74) is 12.9. The van der Waals surface area contributed by atoms with Crippen molar-refractivity contribution in [2.45, 2.75) is 0 Å². The van der Waals surface area contributed by atoms with E-state index in [1.165, 1.54) is 92.4 Å². The maximum absolute atomic E-state index is 5.16. The van der Waals surface area contributed by atoms with Gasteiger partial charge in [0.25, 0.3) is 0 Å². The minimum absolute atomic E-state index is 1.02. The molecule has 0 aliphatic carbocycles. The Hall–Kier alpha value is -7.01. The Morgan fingerprint density at radius 1 is 0.364 bits per heavy atom. The van der Waals surface area contributed by atoms with Crippen LogP contribution in [0, 0.1) is 0 Å². The van der Waals surface area contributed by atoms with Crippen molar-refractivity contribution in [3.8, 4) is 33.6 Å². The molecule has 4 aromatic heterocycles. The molecule has 0 N–H and O–H groups in total. The minimum Gasteiger partial charge on any atom is -0.309 e. The summed E-state index contributed by atoms with van der Waals surface area (Å²) in [5.74, 6) is 0. The fourth-order valence-electron chi connectivity index (χ4n) is 8.92. The highest BCUT2D eigenvalue weighted by molar-refractivity contribution is 7.25. The highest BCUT2D eigenvalue weighted by Gasteiger charge is 2.19. The van der Waals surface area contributed by atoms with Crippen molar-refractivity contribution in [1.82, 2.24) is 14.1 Å². The Morgan fingerprint density at radius 3 is 1.80 bits per heavy atom. The molecular formula is C51H31N3S. The van der Waals surface area contributed by atoms with E-state index in [9.17, 15) is 0 Å². The van der Waals surface area contributed by atoms with E-state index in [2.05, 4.69) is 197 Å². The predicted molar refractivity (Wildman–Crippen MR) is 234 cm³/mol. The van der Waals surface area contributed by atoms with E-state index in [-0.39, 0.29) is 0 Å². The molecule has 0 aliphatic rings. The molecule has 0 bridgehead atoms. The van der Waals surface area contributed by atoms with Gasteiger partial charge in [-0.2, -0.15) is 0 Å². The van der Waals surface area contributed by atoms with E-state index >= 15 is 0 Å². The molecule has 4 heterocycles. The van der Waals surface area contributed by atoms with E-state index in [0.29, 0.717) is 0 Å². The van der Waals surface area contributed by atoms with Gasteiger partial charge in [-0.15, -0.1) is 11.3 Å². The van der Waals surface area contributed by atoms with Gasteiger partial charge in [-0.05, 0) is 83.4 Å². The molecule has 0 saturated heterocycles. The van der Waals surface area contributed by atoms with Crippen LogP contribution in [0.5, 0.6) is 0 Å². The third-order valence-corrected chi connectivity index (χ3v) is 12.4. The van der Waals surface area contributed by atoms with Gasteiger partial charge in [0.1, 0.15) is 4.83 Å². The molecule has 0 saturated carbocycles. The van der Waals surface area contributed by atoms with Crippen molar-refractivity contribution in [2.75, 3.05) is 0 Å². The lowest BCUT2D eigenvalue weighted by molar-refractivity contribution is 1.18. The molecule has 3 nitrogen and oxygen atoms in total. The molecule has 4 heteroatoms. The van der Waals surface area contributed by atoms with Crippen molar-refractivity contribution in [2.24, 2.45) is 0 Å². The quantitative estimate of drug-likeness (QED) is 0.178. The van der Waals surface area contributed by atoms with Gasteiger partial charge in [-0.1, -0.05) is 121 Å². The molecule has 0 unspecified atom stereocenters. The lowest BCUT2D eigenvalue weighted by atomic mass is 9.96. The molecule has 0 radical (unpaired) electrons. The third kappa shape index (κ3) is 4.52. The van der Waals surface area contributed by atoms with Gasteiger partial charge in [0.15, 0.2) is 0 Å². The summed E-state index contributed by atoms with van der Waals surface area (Å²) in [4.78, 5) is 6.23. The van der Waals surface area contributed by atoms with Crippen LogP contribution in [-0.4, -0.2) is 14.1 Å². The van der Waals surface area contributed by atoms with Crippen molar-refractivity contribution in [3.63, 3.8) is 0 Å². The zero-order valence-corrected chi connectivity index (χ0v) is 30.5. The minimum atomic E-state index is 1.02. The van der Waals surface area contributed by atoms with Gasteiger partial charge < -0.3 is 9.13 Å². The summed E-state index contributed by atoms with van der Waals surface area (Å²) in [6.07, 6.45) is 0. The number of rotatable bonds is 4. The number of benzene rings is 8. The number of hydrogen-bond donors (Lipinski definition) is 0. The Labute approximate surface area is 320 Å². The molecule has 55 heavy (non-hydrogen) atoms. The van der Waals surface area contributed by atoms with Crippen LogP contribution in [0.25, 0.3) is 108 Å². The van der Waals surface area contributed by atoms with Gasteiger partial charge in [0.05, 0.1) is 27.6 Å². The van der Waals surface area contributed by atoms with E-state index < -0.39 is 0 Å². The number of nitrogens with zero attached hydrogens (tertiary/aromatic N) is 3. The van der Waals surface area contributed by atoms with Crippen molar-refractivity contribution >= 4 is 86.2 Å². The van der Waals surface area contributed by atoms with E-state index in [0.717, 1.165) is 16.0 Å². The Kier molecular flexibility index (Phi) is 6.50. The van der Waals surface area contributed by atoms with Crippen molar-refractivity contribution < 1.29 is 0 Å². The fraction of sp³-hybridized carbons (Fsp3) is 0. The monoisotopic (exact) mass is 717 g/mol. The average molecular weight is 718 g/mol. The summed E-state index contributed by atoms with van der Waals surface area (Å²) < 4.78 is 6.08. The van der Waals surface area contributed by atoms with Crippen molar-refractivity contribution in [1.29, 1.82) is 0 Å². The van der Waals surface area contributed by atoms with Crippen LogP contribution in [0.1, 0.15) is 0 Å². The van der Waals surface area contributed by atoms with Crippen LogP contribution < -0.4 is 0 Å². The molecule has 0 fully saturated rings. The first-order valence-electron chi connectivity index (χ1n) is 18.7. The molecule has 0 spiro atoms. The largest absolute Gasteiger partial charge is 0.309 e. The molecule has 12 rings (SSSR count). The molecule has 256 valence electrons. The first-order valence-corrected chi connectivity index (χ1v) is 19.5. The fourth-order valence-corrected chi connectivity index (χ4v) is 10.0. The lowest BCUT2D eigenvalue weighted by Crippen LogP contribution is -1.95. The second-order valence-electron chi connectivity index (χ2n) is 14.3. The molecule has 0 aliphatic heterocycles. The van der Waals surface area contributed by atoms with Gasteiger partial charge in [0, 0.05) is 59.3 Å². The molecule has 8 aromatic carbocycles. The van der Waals surface area contributed by atoms with Crippen LogP contribution in [0.3, 0.4) is 0 Å². The van der Waals surface area contributed by atoms with Gasteiger partial charge in [-0.3, -0.25) is 0 Å². The Bertz CT molecular complexity index is 3490. The lowest BCUT2D eigenvalue weighted by Gasteiger charge is -2.14. The summed E-state index contributed by atoms with van der Waals surface area (Å²) in [5, 5.41) is 8.65. The summed E-state index contributed by atoms with van der Waals surface area (Å²) in [6.45, 7) is 0. The van der Waals surface area contributed by atoms with Gasteiger partial charge >= 0.3 is 0 Å². The standard InChI is InChI=1S/C51H31N3S/c1-2-14-35(15-3-1)53-45-23-10-6-18-38(45)42-30-32(26-28-46(42)53)33-25-27-39-37-17-5-9-22-44(37)54(47(39)31-33)36-16-12-13-34(29-36)49-40-19-4-8-21-43(40)52-51-50(49)41-20-7-11-24-48(41)55-51/h1-31H. The summed E-state index contributed by atoms with van der Waals surface area (Å²) in [6, 6.07) is 68.5. The van der Waals surface area contributed by atoms with Crippen LogP contribution >= 0.6 is 11.3 Å². The topological polar surface area (TPSA) is 22.8 Å². The Morgan fingerprint density at radius 2 is 0.964 bits per heavy atom. The normalized spacial score (nSPS) is 12.0. The van der Waals surface area contributed by atoms with E-state index in [4.69, 9.17) is 4.98 Å². The average Bonchev–Trinajstić information content (AvgIpc) is 3.90. The number of aromatic nitrogens is 3. The van der Waals surface area contributed by atoms with Gasteiger partial charge in [-0.25, -0.2) is 4.98 Å². The molecular weight excluding hydrogens is 687 g/mol. The van der Waals surface area contributed by atoms with E-state index in [1.807, 2.05) is 0 Å². The van der Waals surface area contributed by atoms with Crippen molar-refractivity contribution in [3.05, 3.63) is 188 Å². The maximum atomic E-state index is 5.16. The van der Waals surface area contributed by atoms with Gasteiger partial charge in [0.2, 0.25) is 0 Å². The van der Waals surface area contributed by atoms with Crippen LogP contribution in [0.2, 0.25) is 0 Å². The smallest absolute Gasteiger partial charge is 0.125 e. The number of hydrogen-bond acceptors (Lipinski definition) is 2. The zero-order chi connectivity index (χ0) is 36.0. The highest BCUT2D eigenvalue weighted by Crippen LogP contribution is 2.44. The predicted octanol–water partition coefficient (Wildman–Crippen LogP) is 14.1. The highest BCUT2D eigenvalue weighted by atomic mass is 32.1. The summed E-state index contributed by atoms with van der Waals surface area (Å²) >= 11 is 1.77. The van der Waals surface area contributed by atoms with Crippen LogP contribution in [0.15, 0.2) is 188 Å².